The molecule has 0 amide bonds. The highest BCUT2D eigenvalue weighted by molar-refractivity contribution is 7.27. The van der Waals surface area contributed by atoms with Crippen molar-refractivity contribution < 1.29 is 0 Å². The number of benzene rings is 8. The van der Waals surface area contributed by atoms with Crippen LogP contribution in [0.5, 0.6) is 0 Å². The Morgan fingerprint density at radius 1 is 0.315 bits per heavy atom. The van der Waals surface area contributed by atoms with Gasteiger partial charge < -0.3 is 0 Å². The molecule has 3 heterocycles. The number of nitrogens with zero attached hydrogens (tertiary/aromatic N) is 1. The summed E-state index contributed by atoms with van der Waals surface area (Å²) in [7, 11) is 0. The number of thiophene rings is 2. The van der Waals surface area contributed by atoms with Crippen LogP contribution in [-0.2, 0) is 0 Å². The minimum atomic E-state index is 1.03. The van der Waals surface area contributed by atoms with Crippen LogP contribution in [0.2, 0.25) is 0 Å². The van der Waals surface area contributed by atoms with E-state index in [4.69, 9.17) is 4.98 Å². The lowest BCUT2D eigenvalue weighted by Gasteiger charge is -2.13. The molecular formula is C51H31NS2. The molecule has 0 saturated heterocycles. The van der Waals surface area contributed by atoms with Crippen molar-refractivity contribution in [2.45, 2.75) is 0 Å². The molecule has 0 spiro atoms. The lowest BCUT2D eigenvalue weighted by atomic mass is 9.91. The zero-order chi connectivity index (χ0) is 35.6. The number of para-hydroxylation sites is 1. The van der Waals surface area contributed by atoms with E-state index in [1.807, 2.05) is 22.7 Å². The maximum absolute atomic E-state index is 5.28. The van der Waals surface area contributed by atoms with Gasteiger partial charge in [0.1, 0.15) is 0 Å². The van der Waals surface area contributed by atoms with Crippen LogP contribution in [0.1, 0.15) is 0 Å². The SMILES string of the molecule is c1ccc(-c2cc(-c3ccc(-c4nc5ccccc5c5sc6ccccc6c45)cc3)cc(-c3cccc(-c4cccc5c4sc4ccccc45)c3)c2)cc1. The summed E-state index contributed by atoms with van der Waals surface area (Å²) in [5.74, 6) is 0. The first-order chi connectivity index (χ1) is 26.7. The Labute approximate surface area is 321 Å². The molecule has 54 heavy (non-hydrogen) atoms. The highest BCUT2D eigenvalue weighted by Gasteiger charge is 2.17. The predicted molar refractivity (Wildman–Crippen MR) is 235 cm³/mol. The first-order valence-corrected chi connectivity index (χ1v) is 19.9. The summed E-state index contributed by atoms with van der Waals surface area (Å²) in [5.41, 5.74) is 12.9. The largest absolute Gasteiger partial charge is 0.247 e. The van der Waals surface area contributed by atoms with Crippen molar-refractivity contribution in [2.75, 3.05) is 0 Å². The van der Waals surface area contributed by atoms with Crippen LogP contribution in [0.25, 0.3) is 107 Å². The summed E-state index contributed by atoms with van der Waals surface area (Å²) in [4.78, 5) is 5.28. The molecule has 11 aromatic rings. The van der Waals surface area contributed by atoms with Crippen LogP contribution >= 0.6 is 22.7 Å². The molecule has 11 rings (SSSR count). The predicted octanol–water partition coefficient (Wildman–Crippen LogP) is 15.3. The van der Waals surface area contributed by atoms with Crippen molar-refractivity contribution >= 4 is 73.9 Å². The first kappa shape index (κ1) is 31.2. The monoisotopic (exact) mass is 721 g/mol. The van der Waals surface area contributed by atoms with Gasteiger partial charge in [0.25, 0.3) is 0 Å². The molecule has 0 fully saturated rings. The fourth-order valence-electron chi connectivity index (χ4n) is 8.04. The molecule has 0 bridgehead atoms. The Bertz CT molecular complexity index is 3210. The van der Waals surface area contributed by atoms with E-state index in [9.17, 15) is 0 Å². The maximum Gasteiger partial charge on any atom is 0.0802 e. The van der Waals surface area contributed by atoms with E-state index < -0.39 is 0 Å². The average Bonchev–Trinajstić information content (AvgIpc) is 3.83. The Kier molecular flexibility index (Phi) is 7.29. The van der Waals surface area contributed by atoms with Gasteiger partial charge in [-0.15, -0.1) is 22.7 Å². The molecule has 3 heteroatoms. The zero-order valence-electron chi connectivity index (χ0n) is 29.2. The minimum absolute atomic E-state index is 1.03. The number of hydrogen-bond donors (Lipinski definition) is 0. The second-order valence-electron chi connectivity index (χ2n) is 13.9. The van der Waals surface area contributed by atoms with Gasteiger partial charge in [0.05, 0.1) is 11.2 Å². The van der Waals surface area contributed by atoms with Crippen LogP contribution in [0, 0.1) is 0 Å². The molecule has 0 unspecified atom stereocenters. The first-order valence-electron chi connectivity index (χ1n) is 18.3. The smallest absolute Gasteiger partial charge is 0.0802 e. The fraction of sp³-hybridized carbons (Fsp3) is 0. The number of fused-ring (bicyclic) bond motifs is 8. The van der Waals surface area contributed by atoms with Gasteiger partial charge in [0, 0.05) is 51.3 Å². The Hall–Kier alpha value is -6.39. The van der Waals surface area contributed by atoms with Crippen LogP contribution in [0.3, 0.4) is 0 Å². The number of aromatic nitrogens is 1. The van der Waals surface area contributed by atoms with Crippen LogP contribution < -0.4 is 0 Å². The number of pyridine rings is 1. The summed E-state index contributed by atoms with van der Waals surface area (Å²) in [5, 5.41) is 6.36. The highest BCUT2D eigenvalue weighted by Crippen LogP contribution is 2.44. The normalized spacial score (nSPS) is 11.7. The average molecular weight is 722 g/mol. The van der Waals surface area contributed by atoms with Gasteiger partial charge >= 0.3 is 0 Å². The van der Waals surface area contributed by atoms with E-state index in [2.05, 4.69) is 188 Å². The van der Waals surface area contributed by atoms with Crippen molar-refractivity contribution in [3.05, 3.63) is 188 Å². The lowest BCUT2D eigenvalue weighted by Crippen LogP contribution is -1.89. The van der Waals surface area contributed by atoms with E-state index in [0.29, 0.717) is 0 Å². The van der Waals surface area contributed by atoms with Crippen molar-refractivity contribution in [1.29, 1.82) is 0 Å². The maximum atomic E-state index is 5.28. The summed E-state index contributed by atoms with van der Waals surface area (Å²) in [6, 6.07) is 68.5. The third-order valence-corrected chi connectivity index (χ3v) is 13.1. The number of hydrogen-bond acceptors (Lipinski definition) is 3. The van der Waals surface area contributed by atoms with Gasteiger partial charge in [-0.3, -0.25) is 0 Å². The molecule has 0 N–H and O–H groups in total. The molecule has 0 radical (unpaired) electrons. The molecule has 3 aromatic heterocycles. The standard InChI is InChI=1S/C51H31NS2/c1-2-12-32(13-3-1)37-29-38(31-39(30-37)35-14-10-15-36(28-35)40-19-11-20-42-41-16-5-8-22-46(41)53-50(40)42)33-24-26-34(27-25-33)49-48-44-18-6-9-23-47(44)54-51(48)43-17-4-7-21-45(43)52-49/h1-31H. The summed E-state index contributed by atoms with van der Waals surface area (Å²) in [6.45, 7) is 0. The Balaban J connectivity index is 1.04. The van der Waals surface area contributed by atoms with Gasteiger partial charge in [-0.05, 0) is 87.0 Å². The Morgan fingerprint density at radius 2 is 0.833 bits per heavy atom. The van der Waals surface area contributed by atoms with Crippen molar-refractivity contribution in [3.8, 4) is 55.8 Å². The molecule has 0 atom stereocenters. The van der Waals surface area contributed by atoms with Crippen LogP contribution in [0.15, 0.2) is 188 Å². The van der Waals surface area contributed by atoms with Crippen LogP contribution in [0.4, 0.5) is 0 Å². The van der Waals surface area contributed by atoms with Crippen LogP contribution in [-0.4, -0.2) is 4.98 Å². The molecule has 0 saturated carbocycles. The van der Waals surface area contributed by atoms with Gasteiger partial charge in [0.15, 0.2) is 0 Å². The summed E-state index contributed by atoms with van der Waals surface area (Å²) in [6.07, 6.45) is 0. The summed E-state index contributed by atoms with van der Waals surface area (Å²) >= 11 is 3.74. The second kappa shape index (κ2) is 12.6. The highest BCUT2D eigenvalue weighted by atomic mass is 32.1. The molecule has 252 valence electrons. The molecular weight excluding hydrogens is 691 g/mol. The second-order valence-corrected chi connectivity index (χ2v) is 16.0. The summed E-state index contributed by atoms with van der Waals surface area (Å²) < 4.78 is 5.25. The third kappa shape index (κ3) is 5.16. The van der Waals surface area contributed by atoms with Crippen molar-refractivity contribution in [2.24, 2.45) is 0 Å². The van der Waals surface area contributed by atoms with E-state index in [0.717, 1.165) is 16.8 Å². The van der Waals surface area contributed by atoms with Gasteiger partial charge in [0.2, 0.25) is 0 Å². The van der Waals surface area contributed by atoms with E-state index in [1.165, 1.54) is 90.2 Å². The van der Waals surface area contributed by atoms with E-state index >= 15 is 0 Å². The van der Waals surface area contributed by atoms with Gasteiger partial charge in [-0.2, -0.15) is 0 Å². The van der Waals surface area contributed by atoms with Crippen molar-refractivity contribution in [3.63, 3.8) is 0 Å². The van der Waals surface area contributed by atoms with E-state index in [-0.39, 0.29) is 0 Å². The molecule has 0 aliphatic heterocycles. The van der Waals surface area contributed by atoms with Gasteiger partial charge in [-0.25, -0.2) is 4.98 Å². The van der Waals surface area contributed by atoms with Crippen molar-refractivity contribution in [1.82, 2.24) is 4.98 Å². The Morgan fingerprint density at radius 3 is 1.63 bits per heavy atom. The number of rotatable bonds is 5. The lowest BCUT2D eigenvalue weighted by molar-refractivity contribution is 1.43. The van der Waals surface area contributed by atoms with Gasteiger partial charge in [-0.1, -0.05) is 146 Å². The molecule has 0 aliphatic carbocycles. The topological polar surface area (TPSA) is 12.9 Å². The zero-order valence-corrected chi connectivity index (χ0v) is 30.8. The molecule has 8 aromatic carbocycles. The minimum Gasteiger partial charge on any atom is -0.247 e. The van der Waals surface area contributed by atoms with E-state index in [1.54, 1.807) is 0 Å². The third-order valence-electron chi connectivity index (χ3n) is 10.7. The molecule has 1 nitrogen and oxygen atoms in total. The quantitative estimate of drug-likeness (QED) is 0.172. The molecule has 0 aliphatic rings. The fourth-order valence-corrected chi connectivity index (χ4v) is 10.5.